The lowest BCUT2D eigenvalue weighted by molar-refractivity contribution is -0.122. The molecule has 1 aliphatic rings. The zero-order valence-electron chi connectivity index (χ0n) is 17.9. The van der Waals surface area contributed by atoms with E-state index in [0.29, 0.717) is 31.9 Å². The van der Waals surface area contributed by atoms with Crippen molar-refractivity contribution in [2.24, 2.45) is 0 Å². The van der Waals surface area contributed by atoms with Gasteiger partial charge in [-0.3, -0.25) is 4.79 Å². The highest BCUT2D eigenvalue weighted by Gasteiger charge is 2.26. The number of rotatable bonds is 9. The van der Waals surface area contributed by atoms with E-state index in [0.717, 1.165) is 17.0 Å². The molecule has 2 aromatic carbocycles. The topological polar surface area (TPSA) is 88.2 Å². The summed E-state index contributed by atoms with van der Waals surface area (Å²) in [4.78, 5) is 14.1. The Morgan fingerprint density at radius 2 is 1.74 bits per heavy atom. The molecule has 0 atom stereocenters. The molecule has 0 radical (unpaired) electrons. The van der Waals surface area contributed by atoms with Crippen LogP contribution in [0.5, 0.6) is 11.5 Å². The molecule has 1 N–H and O–H groups in total. The molecule has 1 aliphatic heterocycles. The molecule has 1 amide bonds. The minimum Gasteiger partial charge on any atom is -0.497 e. The Kier molecular flexibility index (Phi) is 7.75. The molecule has 3 rings (SSSR count). The third kappa shape index (κ3) is 6.60. The average molecular weight is 448 g/mol. The van der Waals surface area contributed by atoms with Gasteiger partial charge in [-0.25, -0.2) is 8.42 Å². The molecule has 168 valence electrons. The van der Waals surface area contributed by atoms with Gasteiger partial charge in [-0.1, -0.05) is 12.1 Å². The summed E-state index contributed by atoms with van der Waals surface area (Å²) in [5.74, 6) is 0.918. The van der Waals surface area contributed by atoms with E-state index in [-0.39, 0.29) is 24.8 Å². The van der Waals surface area contributed by atoms with E-state index in [4.69, 9.17) is 9.47 Å². The lowest BCUT2D eigenvalue weighted by atomic mass is 10.2. The molecule has 2 aromatic rings. The monoisotopic (exact) mass is 447 g/mol. The van der Waals surface area contributed by atoms with Crippen LogP contribution >= 0.6 is 0 Å². The number of nitrogens with one attached hydrogen (secondary N) is 1. The minimum atomic E-state index is -3.44. The van der Waals surface area contributed by atoms with Gasteiger partial charge in [0, 0.05) is 38.4 Å². The Bertz CT molecular complexity index is 971. The van der Waals surface area contributed by atoms with Crippen LogP contribution < -0.4 is 19.7 Å². The molecule has 31 heavy (non-hydrogen) atoms. The number of aryl methyl sites for hydroxylation is 1. The van der Waals surface area contributed by atoms with Gasteiger partial charge < -0.3 is 19.7 Å². The Balaban J connectivity index is 1.40. The number of piperazine rings is 1. The molecule has 1 fully saturated rings. The van der Waals surface area contributed by atoms with E-state index in [1.165, 1.54) is 4.31 Å². The summed E-state index contributed by atoms with van der Waals surface area (Å²) in [6.07, 6.45) is 0. The van der Waals surface area contributed by atoms with Gasteiger partial charge >= 0.3 is 0 Å². The number of hydrogen-bond acceptors (Lipinski definition) is 6. The lowest BCUT2D eigenvalue weighted by Gasteiger charge is -2.35. The van der Waals surface area contributed by atoms with Crippen LogP contribution in [0.15, 0.2) is 48.5 Å². The van der Waals surface area contributed by atoms with Crippen molar-refractivity contribution in [2.45, 2.75) is 6.92 Å². The van der Waals surface area contributed by atoms with Crippen LogP contribution in [0.2, 0.25) is 0 Å². The number of benzene rings is 2. The second-order valence-corrected chi connectivity index (χ2v) is 9.44. The Morgan fingerprint density at radius 3 is 2.39 bits per heavy atom. The number of anilines is 1. The van der Waals surface area contributed by atoms with Gasteiger partial charge in [0.2, 0.25) is 10.0 Å². The molecule has 0 saturated carbocycles. The fourth-order valence-electron chi connectivity index (χ4n) is 3.37. The molecule has 9 heteroatoms. The van der Waals surface area contributed by atoms with Gasteiger partial charge in [0.1, 0.15) is 11.5 Å². The predicted octanol–water partition coefficient (Wildman–Crippen LogP) is 1.65. The van der Waals surface area contributed by atoms with Gasteiger partial charge in [0.25, 0.3) is 5.91 Å². The number of carbonyl (C=O) groups excluding carboxylic acids is 1. The first-order chi connectivity index (χ1) is 14.9. The smallest absolute Gasteiger partial charge is 0.257 e. The van der Waals surface area contributed by atoms with Crippen LogP contribution in [0.3, 0.4) is 0 Å². The van der Waals surface area contributed by atoms with Gasteiger partial charge in [0.15, 0.2) is 6.61 Å². The highest BCUT2D eigenvalue weighted by Crippen LogP contribution is 2.21. The maximum Gasteiger partial charge on any atom is 0.257 e. The van der Waals surface area contributed by atoms with Gasteiger partial charge in [-0.2, -0.15) is 4.31 Å². The molecule has 8 nitrogen and oxygen atoms in total. The fourth-order valence-corrected chi connectivity index (χ4v) is 4.71. The van der Waals surface area contributed by atoms with Gasteiger partial charge in [-0.05, 0) is 48.9 Å². The number of nitrogens with zero attached hydrogens (tertiary/aromatic N) is 2. The van der Waals surface area contributed by atoms with Gasteiger partial charge in [0.05, 0.1) is 12.9 Å². The number of carbonyl (C=O) groups is 1. The van der Waals surface area contributed by atoms with Crippen molar-refractivity contribution in [3.8, 4) is 11.5 Å². The summed E-state index contributed by atoms with van der Waals surface area (Å²) in [5.41, 5.74) is 2.08. The van der Waals surface area contributed by atoms with Crippen molar-refractivity contribution in [3.63, 3.8) is 0 Å². The quantitative estimate of drug-likeness (QED) is 0.629. The molecule has 0 aromatic heterocycles. The maximum absolute atomic E-state index is 12.6. The third-order valence-corrected chi connectivity index (χ3v) is 6.98. The zero-order chi connectivity index (χ0) is 22.3. The normalized spacial score (nSPS) is 14.8. The van der Waals surface area contributed by atoms with Crippen molar-refractivity contribution in [3.05, 3.63) is 54.1 Å². The number of amides is 1. The summed E-state index contributed by atoms with van der Waals surface area (Å²) in [5, 5.41) is 2.62. The van der Waals surface area contributed by atoms with Crippen LogP contribution in [0.1, 0.15) is 5.56 Å². The average Bonchev–Trinajstić information content (AvgIpc) is 2.78. The summed E-state index contributed by atoms with van der Waals surface area (Å²) >= 11 is 0. The molecular weight excluding hydrogens is 418 g/mol. The van der Waals surface area contributed by atoms with Crippen molar-refractivity contribution >= 4 is 21.6 Å². The third-order valence-electron chi connectivity index (χ3n) is 5.11. The second kappa shape index (κ2) is 10.5. The standard InChI is InChI=1S/C22H29N3O5S/c1-18-4-3-5-21(16-18)30-17-22(26)23-10-15-31(27,28)25-13-11-24(12-14-25)19-6-8-20(29-2)9-7-19/h3-9,16H,10-15,17H2,1-2H3,(H,23,26). The summed E-state index contributed by atoms with van der Waals surface area (Å²) in [6, 6.07) is 15.1. The number of ether oxygens (including phenoxy) is 2. The predicted molar refractivity (Wildman–Crippen MR) is 120 cm³/mol. The van der Waals surface area contributed by atoms with Crippen LogP contribution in [-0.2, 0) is 14.8 Å². The molecule has 0 bridgehead atoms. The number of methoxy groups -OCH3 is 1. The van der Waals surface area contributed by atoms with Crippen molar-refractivity contribution in [2.75, 3.05) is 57.1 Å². The number of sulfonamides is 1. The molecule has 1 heterocycles. The highest BCUT2D eigenvalue weighted by atomic mass is 32.2. The van der Waals surface area contributed by atoms with Crippen molar-refractivity contribution in [1.29, 1.82) is 0 Å². The fraction of sp³-hybridized carbons (Fsp3) is 0.409. The van der Waals surface area contributed by atoms with E-state index in [1.54, 1.807) is 13.2 Å². The van der Waals surface area contributed by atoms with E-state index in [1.807, 2.05) is 49.4 Å². The molecule has 0 aliphatic carbocycles. The lowest BCUT2D eigenvalue weighted by Crippen LogP contribution is -2.50. The summed E-state index contributed by atoms with van der Waals surface area (Å²) < 4.78 is 37.3. The van der Waals surface area contributed by atoms with E-state index in [2.05, 4.69) is 10.2 Å². The minimum absolute atomic E-state index is 0.0526. The van der Waals surface area contributed by atoms with E-state index >= 15 is 0 Å². The summed E-state index contributed by atoms with van der Waals surface area (Å²) in [6.45, 7) is 3.90. The number of hydrogen-bond donors (Lipinski definition) is 1. The van der Waals surface area contributed by atoms with Crippen LogP contribution in [0.4, 0.5) is 5.69 Å². The van der Waals surface area contributed by atoms with Crippen LogP contribution in [0.25, 0.3) is 0 Å². The molecule has 1 saturated heterocycles. The first-order valence-electron chi connectivity index (χ1n) is 10.2. The SMILES string of the molecule is COc1ccc(N2CCN(S(=O)(=O)CCNC(=O)COc3cccc(C)c3)CC2)cc1. The Morgan fingerprint density at radius 1 is 1.03 bits per heavy atom. The van der Waals surface area contributed by atoms with E-state index in [9.17, 15) is 13.2 Å². The molecular formula is C22H29N3O5S. The van der Waals surface area contributed by atoms with Gasteiger partial charge in [-0.15, -0.1) is 0 Å². The van der Waals surface area contributed by atoms with Crippen LogP contribution in [-0.4, -0.2) is 70.8 Å². The Hall–Kier alpha value is -2.78. The first kappa shape index (κ1) is 22.9. The maximum atomic E-state index is 12.6. The van der Waals surface area contributed by atoms with Crippen molar-refractivity contribution in [1.82, 2.24) is 9.62 Å². The Labute approximate surface area is 183 Å². The molecule has 0 spiro atoms. The largest absolute Gasteiger partial charge is 0.497 e. The van der Waals surface area contributed by atoms with Crippen LogP contribution in [0, 0.1) is 6.92 Å². The first-order valence-corrected chi connectivity index (χ1v) is 11.8. The molecule has 0 unspecified atom stereocenters. The summed E-state index contributed by atoms with van der Waals surface area (Å²) in [7, 11) is -1.81. The second-order valence-electron chi connectivity index (χ2n) is 7.36. The highest BCUT2D eigenvalue weighted by molar-refractivity contribution is 7.89. The van der Waals surface area contributed by atoms with E-state index < -0.39 is 10.0 Å². The van der Waals surface area contributed by atoms with Crippen molar-refractivity contribution < 1.29 is 22.7 Å². The zero-order valence-corrected chi connectivity index (χ0v) is 18.7.